The summed E-state index contributed by atoms with van der Waals surface area (Å²) < 4.78 is 1.76. The molecule has 198 valence electrons. The Morgan fingerprint density at radius 2 is 1.89 bits per heavy atom. The first-order valence-corrected chi connectivity index (χ1v) is 12.9. The van der Waals surface area contributed by atoms with E-state index in [1.54, 1.807) is 28.9 Å². The Bertz CT molecular complexity index is 1350. The number of aromatic nitrogens is 2. The molecule has 2 amide bonds. The van der Waals surface area contributed by atoms with E-state index in [-0.39, 0.29) is 24.8 Å². The van der Waals surface area contributed by atoms with E-state index in [2.05, 4.69) is 20.8 Å². The molecule has 38 heavy (non-hydrogen) atoms. The number of carbonyl (C=O) groups is 2. The number of benzene rings is 1. The Morgan fingerprint density at radius 1 is 1.13 bits per heavy atom. The van der Waals surface area contributed by atoms with Crippen molar-refractivity contribution in [3.05, 3.63) is 72.2 Å². The number of oxime groups is 1. The Kier molecular flexibility index (Phi) is 6.98. The van der Waals surface area contributed by atoms with Crippen LogP contribution in [0.15, 0.2) is 66.2 Å². The van der Waals surface area contributed by atoms with Crippen LogP contribution < -0.4 is 10.6 Å². The van der Waals surface area contributed by atoms with Gasteiger partial charge in [-0.2, -0.15) is 0 Å². The minimum Gasteiger partial charge on any atom is -0.426 e. The van der Waals surface area contributed by atoms with Gasteiger partial charge in [0.25, 0.3) is 11.8 Å². The van der Waals surface area contributed by atoms with Crippen molar-refractivity contribution in [2.45, 2.75) is 56.5 Å². The summed E-state index contributed by atoms with van der Waals surface area (Å²) >= 11 is 0. The van der Waals surface area contributed by atoms with E-state index in [1.165, 1.54) is 0 Å². The number of nitrogens with one attached hydrogen (secondary N) is 2. The smallest absolute Gasteiger partial charge is 0.426 e. The SMILES string of the molecule is CC(C)C[C@H](NC(=O)C1(C2(c3ccccc3)CC2)CC(CNC(=O)c2cccn3ccnc23)=NO1)B(O)O. The van der Waals surface area contributed by atoms with Crippen LogP contribution in [0.25, 0.3) is 5.65 Å². The molecule has 1 aliphatic carbocycles. The average molecular weight is 517 g/mol. The minimum atomic E-state index is -1.71. The second-order valence-electron chi connectivity index (χ2n) is 10.6. The molecular formula is C27H32BN5O5. The summed E-state index contributed by atoms with van der Waals surface area (Å²) in [7, 11) is -1.71. The maximum absolute atomic E-state index is 13.9. The van der Waals surface area contributed by atoms with Crippen LogP contribution in [0.3, 0.4) is 0 Å². The first kappa shape index (κ1) is 25.9. The summed E-state index contributed by atoms with van der Waals surface area (Å²) in [4.78, 5) is 37.2. The lowest BCUT2D eigenvalue weighted by Gasteiger charge is -2.36. The van der Waals surface area contributed by atoms with Crippen molar-refractivity contribution in [2.24, 2.45) is 11.1 Å². The number of carbonyl (C=O) groups excluding carboxylic acids is 2. The van der Waals surface area contributed by atoms with Crippen LogP contribution in [0.5, 0.6) is 0 Å². The van der Waals surface area contributed by atoms with Gasteiger partial charge in [-0.25, -0.2) is 4.98 Å². The minimum absolute atomic E-state index is 0.0958. The van der Waals surface area contributed by atoms with Crippen molar-refractivity contribution < 1.29 is 24.5 Å². The number of hydrogen-bond acceptors (Lipinski definition) is 7. The summed E-state index contributed by atoms with van der Waals surface area (Å²) in [5.41, 5.74) is 0.475. The lowest BCUT2D eigenvalue weighted by Crippen LogP contribution is -2.60. The van der Waals surface area contributed by atoms with Gasteiger partial charge in [-0.15, -0.1) is 0 Å². The molecule has 3 aromatic rings. The maximum Gasteiger partial charge on any atom is 0.475 e. The van der Waals surface area contributed by atoms with E-state index in [4.69, 9.17) is 4.84 Å². The molecule has 5 rings (SSSR count). The highest BCUT2D eigenvalue weighted by atomic mass is 16.7. The van der Waals surface area contributed by atoms with Gasteiger partial charge in [0.05, 0.1) is 23.8 Å². The summed E-state index contributed by atoms with van der Waals surface area (Å²) in [5.74, 6) is -1.47. The molecule has 1 aliphatic heterocycles. The van der Waals surface area contributed by atoms with Crippen LogP contribution in [0.4, 0.5) is 0 Å². The number of imidazole rings is 1. The van der Waals surface area contributed by atoms with Crippen molar-refractivity contribution in [1.82, 2.24) is 20.0 Å². The fourth-order valence-electron chi connectivity index (χ4n) is 5.44. The Balaban J connectivity index is 1.37. The molecule has 0 spiro atoms. The number of fused-ring (bicyclic) bond motifs is 1. The first-order chi connectivity index (χ1) is 18.3. The highest BCUT2D eigenvalue weighted by Gasteiger charge is 2.69. The molecule has 11 heteroatoms. The molecule has 0 saturated heterocycles. The van der Waals surface area contributed by atoms with E-state index in [0.717, 1.165) is 18.4 Å². The Hall–Kier alpha value is -3.70. The summed E-state index contributed by atoms with van der Waals surface area (Å²) in [5, 5.41) is 29.9. The van der Waals surface area contributed by atoms with Crippen LogP contribution in [0.2, 0.25) is 0 Å². The maximum atomic E-state index is 13.9. The number of rotatable bonds is 10. The van der Waals surface area contributed by atoms with Crippen LogP contribution in [0, 0.1) is 5.92 Å². The van der Waals surface area contributed by atoms with Crippen LogP contribution in [-0.2, 0) is 15.0 Å². The zero-order chi connectivity index (χ0) is 26.9. The largest absolute Gasteiger partial charge is 0.475 e. The Morgan fingerprint density at radius 3 is 2.58 bits per heavy atom. The quantitative estimate of drug-likeness (QED) is 0.303. The van der Waals surface area contributed by atoms with Crippen LogP contribution in [-0.4, -0.2) is 62.2 Å². The molecule has 0 bridgehead atoms. The van der Waals surface area contributed by atoms with Gasteiger partial charge in [0.15, 0.2) is 0 Å². The number of amides is 2. The highest BCUT2D eigenvalue weighted by Crippen LogP contribution is 2.60. The molecule has 1 saturated carbocycles. The number of nitrogens with zero attached hydrogens (tertiary/aromatic N) is 3. The zero-order valence-corrected chi connectivity index (χ0v) is 21.5. The first-order valence-electron chi connectivity index (χ1n) is 12.9. The van der Waals surface area contributed by atoms with Crippen molar-refractivity contribution in [2.75, 3.05) is 6.54 Å². The molecule has 0 radical (unpaired) electrons. The van der Waals surface area contributed by atoms with Gasteiger partial charge in [0, 0.05) is 30.4 Å². The average Bonchev–Trinajstić information content (AvgIpc) is 3.37. The topological polar surface area (TPSA) is 138 Å². The van der Waals surface area contributed by atoms with E-state index in [1.807, 2.05) is 50.4 Å². The highest BCUT2D eigenvalue weighted by molar-refractivity contribution is 6.43. The van der Waals surface area contributed by atoms with Crippen LogP contribution in [0.1, 0.15) is 55.5 Å². The number of hydrogen-bond donors (Lipinski definition) is 4. The predicted molar refractivity (Wildman–Crippen MR) is 142 cm³/mol. The zero-order valence-electron chi connectivity index (χ0n) is 21.5. The van der Waals surface area contributed by atoms with Crippen LogP contribution >= 0.6 is 0 Å². The molecule has 3 heterocycles. The molecule has 10 nitrogen and oxygen atoms in total. The van der Waals surface area contributed by atoms with Crippen molar-refractivity contribution in [3.63, 3.8) is 0 Å². The van der Waals surface area contributed by atoms with E-state index < -0.39 is 30.0 Å². The molecule has 4 N–H and O–H groups in total. The third-order valence-corrected chi connectivity index (χ3v) is 7.52. The lowest BCUT2D eigenvalue weighted by molar-refractivity contribution is -0.149. The van der Waals surface area contributed by atoms with E-state index in [0.29, 0.717) is 23.3 Å². The molecule has 1 aromatic carbocycles. The Labute approximate surface area is 221 Å². The standard InChI is InChI=1S/C27H32BN5O5/c1-18(2)15-22(28(36)37)31-25(35)27(26(10-11-26)19-7-4-3-5-8-19)16-20(32-38-27)17-30-24(34)21-9-6-13-33-14-12-29-23(21)33/h3-9,12-14,18,22,36-37H,10-11,15-17H2,1-2H3,(H,30,34)(H,31,35)/t22-,27?/m0/s1. The third-order valence-electron chi connectivity index (χ3n) is 7.52. The monoisotopic (exact) mass is 517 g/mol. The molecule has 1 unspecified atom stereocenters. The molecule has 2 aliphatic rings. The second kappa shape index (κ2) is 10.2. The summed E-state index contributed by atoms with van der Waals surface area (Å²) in [6.45, 7) is 3.99. The van der Waals surface area contributed by atoms with Gasteiger partial charge in [-0.3, -0.25) is 9.59 Å². The van der Waals surface area contributed by atoms with Gasteiger partial charge in [0.2, 0.25) is 5.60 Å². The van der Waals surface area contributed by atoms with Gasteiger partial charge in [-0.05, 0) is 42.9 Å². The second-order valence-corrected chi connectivity index (χ2v) is 10.6. The molecule has 1 fully saturated rings. The molecular weight excluding hydrogens is 485 g/mol. The molecule has 2 aromatic heterocycles. The number of pyridine rings is 1. The van der Waals surface area contributed by atoms with E-state index >= 15 is 0 Å². The normalized spacial score (nSPS) is 20.5. The van der Waals surface area contributed by atoms with Crippen molar-refractivity contribution in [1.29, 1.82) is 0 Å². The van der Waals surface area contributed by atoms with Gasteiger partial charge in [0.1, 0.15) is 5.65 Å². The predicted octanol–water partition coefficient (Wildman–Crippen LogP) is 1.85. The van der Waals surface area contributed by atoms with E-state index in [9.17, 15) is 19.6 Å². The summed E-state index contributed by atoms with van der Waals surface area (Å²) in [6, 6.07) is 13.2. The van der Waals surface area contributed by atoms with Crippen molar-refractivity contribution >= 4 is 30.3 Å². The summed E-state index contributed by atoms with van der Waals surface area (Å²) in [6.07, 6.45) is 7.20. The van der Waals surface area contributed by atoms with Gasteiger partial charge < -0.3 is 29.9 Å². The fraction of sp³-hybridized carbons (Fsp3) is 0.407. The lowest BCUT2D eigenvalue weighted by atomic mass is 9.72. The van der Waals surface area contributed by atoms with Crippen molar-refractivity contribution in [3.8, 4) is 0 Å². The third kappa shape index (κ3) is 4.67. The molecule has 2 atom stereocenters. The van der Waals surface area contributed by atoms with Gasteiger partial charge >= 0.3 is 7.12 Å². The fourth-order valence-corrected chi connectivity index (χ4v) is 5.44. The van der Waals surface area contributed by atoms with Gasteiger partial charge in [-0.1, -0.05) is 49.3 Å².